The van der Waals surface area contributed by atoms with Crippen LogP contribution in [-0.4, -0.2) is 12.8 Å². The predicted molar refractivity (Wildman–Crippen MR) is 138 cm³/mol. The van der Waals surface area contributed by atoms with Crippen molar-refractivity contribution in [3.8, 4) is 0 Å². The van der Waals surface area contributed by atoms with Gasteiger partial charge in [0.25, 0.3) is 0 Å². The molecule has 3 unspecified atom stereocenters. The SMILES string of the molecule is BC(CC(C)(C)CC)C(CC)(CC)C(C)(CC)CC(c1ccncc1)C(C)(C)CC. The highest BCUT2D eigenvalue weighted by atomic mass is 14.6. The Morgan fingerprint density at radius 1 is 0.767 bits per heavy atom. The molecule has 0 aromatic carbocycles. The van der Waals surface area contributed by atoms with E-state index in [9.17, 15) is 0 Å². The number of hydrogen-bond donors (Lipinski definition) is 0. The first-order chi connectivity index (χ1) is 13.9. The summed E-state index contributed by atoms with van der Waals surface area (Å²) in [6, 6.07) is 4.53. The van der Waals surface area contributed by atoms with Crippen molar-refractivity contribution >= 4 is 7.85 Å². The summed E-state index contributed by atoms with van der Waals surface area (Å²) in [5.41, 5.74) is 2.83. The van der Waals surface area contributed by atoms with Crippen molar-refractivity contribution in [2.24, 2.45) is 21.7 Å². The molecule has 0 fully saturated rings. The van der Waals surface area contributed by atoms with E-state index in [-0.39, 0.29) is 5.41 Å². The average molecular weight is 414 g/mol. The van der Waals surface area contributed by atoms with Crippen molar-refractivity contribution in [3.63, 3.8) is 0 Å². The molecule has 0 aliphatic carbocycles. The maximum atomic E-state index is 4.31. The van der Waals surface area contributed by atoms with Crippen LogP contribution in [0.1, 0.15) is 126 Å². The normalized spacial score (nSPS) is 17.4. The van der Waals surface area contributed by atoms with Crippen molar-refractivity contribution in [3.05, 3.63) is 30.1 Å². The van der Waals surface area contributed by atoms with Crippen LogP contribution in [0, 0.1) is 21.7 Å². The summed E-state index contributed by atoms with van der Waals surface area (Å²) in [6.07, 6.45) is 12.8. The lowest BCUT2D eigenvalue weighted by Crippen LogP contribution is -2.45. The maximum absolute atomic E-state index is 4.31. The summed E-state index contributed by atoms with van der Waals surface area (Å²) >= 11 is 0. The molecule has 0 saturated carbocycles. The van der Waals surface area contributed by atoms with Crippen LogP contribution in [0.15, 0.2) is 24.5 Å². The van der Waals surface area contributed by atoms with Crippen LogP contribution < -0.4 is 0 Å². The van der Waals surface area contributed by atoms with Gasteiger partial charge in [-0.25, -0.2) is 0 Å². The molecule has 1 nitrogen and oxygen atoms in total. The number of pyridine rings is 1. The third-order valence-electron chi connectivity index (χ3n) is 9.62. The smallest absolute Gasteiger partial charge is 0.106 e. The molecule has 0 amide bonds. The fraction of sp³-hybridized carbons (Fsp3) is 0.821. The van der Waals surface area contributed by atoms with Crippen LogP contribution in [0.5, 0.6) is 0 Å². The summed E-state index contributed by atoms with van der Waals surface area (Å²) in [5, 5.41) is 0. The molecule has 0 spiro atoms. The topological polar surface area (TPSA) is 12.9 Å². The fourth-order valence-electron chi connectivity index (χ4n) is 6.40. The highest BCUT2D eigenvalue weighted by Gasteiger charge is 2.50. The quantitative estimate of drug-likeness (QED) is 0.296. The molecule has 3 atom stereocenters. The van der Waals surface area contributed by atoms with Gasteiger partial charge in [0.1, 0.15) is 7.85 Å². The number of aromatic nitrogens is 1. The Morgan fingerprint density at radius 2 is 1.30 bits per heavy atom. The van der Waals surface area contributed by atoms with Gasteiger partial charge in [-0.1, -0.05) is 114 Å². The van der Waals surface area contributed by atoms with Crippen molar-refractivity contribution < 1.29 is 0 Å². The van der Waals surface area contributed by atoms with Crippen LogP contribution in [0.25, 0.3) is 0 Å². The largest absolute Gasteiger partial charge is 0.265 e. The zero-order valence-electron chi connectivity index (χ0n) is 22.4. The zero-order chi connectivity index (χ0) is 23.2. The van der Waals surface area contributed by atoms with Gasteiger partial charge < -0.3 is 0 Å². The van der Waals surface area contributed by atoms with Gasteiger partial charge in [0.2, 0.25) is 0 Å². The van der Waals surface area contributed by atoms with E-state index >= 15 is 0 Å². The first kappa shape index (κ1) is 27.2. The van der Waals surface area contributed by atoms with Gasteiger partial charge in [0, 0.05) is 12.4 Å². The Labute approximate surface area is 190 Å². The number of nitrogens with zero attached hydrogens (tertiary/aromatic N) is 1. The maximum Gasteiger partial charge on any atom is 0.106 e. The third-order valence-corrected chi connectivity index (χ3v) is 9.62. The Hall–Kier alpha value is -0.785. The summed E-state index contributed by atoms with van der Waals surface area (Å²) in [6.45, 7) is 24.6. The summed E-state index contributed by atoms with van der Waals surface area (Å²) in [7, 11) is 2.56. The second-order valence-electron chi connectivity index (χ2n) is 11.8. The van der Waals surface area contributed by atoms with Crippen molar-refractivity contribution in [1.82, 2.24) is 4.98 Å². The van der Waals surface area contributed by atoms with Gasteiger partial charge in [-0.2, -0.15) is 0 Å². The lowest BCUT2D eigenvalue weighted by Gasteiger charge is -2.56. The molecule has 2 heteroatoms. The van der Waals surface area contributed by atoms with Gasteiger partial charge in [-0.05, 0) is 51.7 Å². The lowest BCUT2D eigenvalue weighted by molar-refractivity contribution is -0.00918. The molecule has 0 saturated heterocycles. The molecule has 0 bridgehead atoms. The van der Waals surface area contributed by atoms with E-state index in [2.05, 4.69) is 94.2 Å². The monoisotopic (exact) mass is 413 g/mol. The minimum Gasteiger partial charge on any atom is -0.265 e. The Kier molecular flexibility index (Phi) is 9.71. The van der Waals surface area contributed by atoms with Crippen LogP contribution in [-0.2, 0) is 0 Å². The number of hydrogen-bond acceptors (Lipinski definition) is 1. The van der Waals surface area contributed by atoms with E-state index in [1.54, 1.807) is 0 Å². The van der Waals surface area contributed by atoms with E-state index in [0.29, 0.717) is 22.2 Å². The minimum absolute atomic E-state index is 0.275. The molecular formula is C28H52BN. The zero-order valence-corrected chi connectivity index (χ0v) is 22.4. The highest BCUT2D eigenvalue weighted by Crippen LogP contribution is 2.61. The molecule has 1 aromatic rings. The minimum atomic E-state index is 0.275. The Morgan fingerprint density at radius 3 is 1.70 bits per heavy atom. The van der Waals surface area contributed by atoms with Crippen LogP contribution in [0.4, 0.5) is 0 Å². The molecule has 1 heterocycles. The first-order valence-corrected chi connectivity index (χ1v) is 12.8. The molecule has 1 aromatic heterocycles. The lowest BCUT2D eigenvalue weighted by atomic mass is 9.45. The third kappa shape index (κ3) is 5.71. The Balaban J connectivity index is 3.48. The van der Waals surface area contributed by atoms with Crippen LogP contribution in [0.3, 0.4) is 0 Å². The van der Waals surface area contributed by atoms with Gasteiger partial charge in [-0.15, -0.1) is 0 Å². The standard InChI is InChI=1S/C28H52BN/c1-11-25(6,7)21-24(29)28(14-4,15-5)27(10,13-3)20-23(26(8,9)12-2)22-16-18-30-19-17-22/h16-19,23-24H,11-15,20-21,29H2,1-10H3. The van der Waals surface area contributed by atoms with Gasteiger partial charge in [0.15, 0.2) is 0 Å². The molecule has 30 heavy (non-hydrogen) atoms. The second-order valence-corrected chi connectivity index (χ2v) is 11.8. The van der Waals surface area contributed by atoms with E-state index in [1.807, 2.05) is 12.4 Å². The van der Waals surface area contributed by atoms with Crippen molar-refractivity contribution in [1.29, 1.82) is 0 Å². The summed E-state index contributed by atoms with van der Waals surface area (Å²) in [5.74, 6) is 1.27. The molecule has 1 rings (SSSR count). The summed E-state index contributed by atoms with van der Waals surface area (Å²) in [4.78, 5) is 4.31. The fourth-order valence-corrected chi connectivity index (χ4v) is 6.40. The van der Waals surface area contributed by atoms with E-state index in [4.69, 9.17) is 0 Å². The van der Waals surface area contributed by atoms with Crippen LogP contribution in [0.2, 0.25) is 5.82 Å². The predicted octanol–water partition coefficient (Wildman–Crippen LogP) is 8.46. The van der Waals surface area contributed by atoms with E-state index in [1.165, 1.54) is 50.5 Å². The molecular weight excluding hydrogens is 361 g/mol. The van der Waals surface area contributed by atoms with Gasteiger partial charge in [-0.3, -0.25) is 4.98 Å². The van der Waals surface area contributed by atoms with Crippen LogP contribution >= 0.6 is 0 Å². The highest BCUT2D eigenvalue weighted by molar-refractivity contribution is 6.12. The molecule has 0 N–H and O–H groups in total. The second kappa shape index (κ2) is 10.7. The van der Waals surface area contributed by atoms with E-state index < -0.39 is 0 Å². The van der Waals surface area contributed by atoms with Gasteiger partial charge >= 0.3 is 0 Å². The molecule has 0 radical (unpaired) electrons. The van der Waals surface area contributed by atoms with Crippen molar-refractivity contribution in [2.45, 2.75) is 126 Å². The van der Waals surface area contributed by atoms with Crippen molar-refractivity contribution in [2.75, 3.05) is 0 Å². The average Bonchev–Trinajstić information content (AvgIpc) is 2.73. The molecule has 0 aliphatic rings. The van der Waals surface area contributed by atoms with E-state index in [0.717, 1.165) is 5.82 Å². The molecule has 0 aliphatic heterocycles. The number of rotatable bonds is 13. The van der Waals surface area contributed by atoms with Gasteiger partial charge in [0.05, 0.1) is 0 Å². The Bertz CT molecular complexity index is 617. The molecule has 172 valence electrons. The summed E-state index contributed by atoms with van der Waals surface area (Å²) < 4.78 is 0. The first-order valence-electron chi connectivity index (χ1n) is 12.8.